The minimum atomic E-state index is 0.0884. The summed E-state index contributed by atoms with van der Waals surface area (Å²) >= 11 is 0. The first-order valence-electron chi connectivity index (χ1n) is 18.2. The highest BCUT2D eigenvalue weighted by molar-refractivity contribution is 6.10. The zero-order valence-corrected chi connectivity index (χ0v) is 29.2. The Morgan fingerprint density at radius 3 is 2.42 bits per heavy atom. The zero-order valence-electron chi connectivity index (χ0n) is 29.2. The first kappa shape index (κ1) is 31.7. The van der Waals surface area contributed by atoms with Crippen molar-refractivity contribution in [3.63, 3.8) is 0 Å². The summed E-state index contributed by atoms with van der Waals surface area (Å²) in [5.74, 6) is 1.19. The van der Waals surface area contributed by atoms with Crippen LogP contribution in [0.5, 0.6) is 5.75 Å². The molecule has 2 N–H and O–H groups in total. The normalized spacial score (nSPS) is 18.1. The molecule has 4 nitrogen and oxygen atoms in total. The van der Waals surface area contributed by atoms with E-state index >= 15 is 0 Å². The molecule has 2 heterocycles. The van der Waals surface area contributed by atoms with Crippen LogP contribution >= 0.6 is 0 Å². The van der Waals surface area contributed by atoms with Crippen LogP contribution in [0.1, 0.15) is 43.2 Å². The number of rotatable bonds is 5. The predicted molar refractivity (Wildman–Crippen MR) is 217 cm³/mol. The first-order chi connectivity index (χ1) is 25.6. The topological polar surface area (TPSA) is 51.6 Å². The van der Waals surface area contributed by atoms with Crippen LogP contribution in [-0.4, -0.2) is 6.10 Å². The molecule has 0 bridgehead atoms. The molecular weight excluding hydrogens is 637 g/mol. The average Bonchev–Trinajstić information content (AvgIpc) is 3.73. The van der Waals surface area contributed by atoms with Gasteiger partial charge in [0.05, 0.1) is 0 Å². The standard InChI is InChI=1S/C48H40N2O2/c1-32(27-34-11-2-3-12-36(34)31-49)33-21-24-39(25-22-33)50(38-13-4-7-18-46-42(17-10-14-38)41-15-5-8-19-45(41)51-46)40-26-23-35-30-48-44(29-37(35)28-40)43-16-6-9-20-47(43)52-48/h2-3,5-6,8-17,19-32,46H,4,7,18,49H2,1H3/b14-10?,34-27-,36-31-,38-13?,42-17+. The quantitative estimate of drug-likeness (QED) is 0.197. The minimum Gasteiger partial charge on any atom is -0.485 e. The number of furan rings is 1. The molecule has 0 amide bonds. The van der Waals surface area contributed by atoms with E-state index in [-0.39, 0.29) is 12.0 Å². The second-order valence-electron chi connectivity index (χ2n) is 13.8. The third-order valence-electron chi connectivity index (χ3n) is 10.5. The average molecular weight is 677 g/mol. The van der Waals surface area contributed by atoms with Crippen LogP contribution in [0.15, 0.2) is 162 Å². The van der Waals surface area contributed by atoms with E-state index in [2.05, 4.69) is 151 Å². The highest BCUT2D eigenvalue weighted by atomic mass is 16.5. The summed E-state index contributed by atoms with van der Waals surface area (Å²) in [6, 6.07) is 45.1. The van der Waals surface area contributed by atoms with Gasteiger partial charge in [0.25, 0.3) is 0 Å². The number of allylic oxidation sites excluding steroid dienone is 4. The van der Waals surface area contributed by atoms with Crippen LogP contribution in [0.25, 0.3) is 50.6 Å². The molecule has 2 unspecified atom stereocenters. The number of hydrogen-bond acceptors (Lipinski definition) is 4. The monoisotopic (exact) mass is 676 g/mol. The van der Waals surface area contributed by atoms with Crippen molar-refractivity contribution < 1.29 is 9.15 Å². The van der Waals surface area contributed by atoms with Gasteiger partial charge in [0.2, 0.25) is 0 Å². The molecule has 9 rings (SSSR count). The predicted octanol–water partition coefficient (Wildman–Crippen LogP) is 10.6. The Balaban J connectivity index is 1.14. The molecule has 6 aromatic carbocycles. The Hall–Kier alpha value is -6.26. The maximum atomic E-state index is 6.38. The van der Waals surface area contributed by atoms with Crippen molar-refractivity contribution >= 4 is 61.9 Å². The lowest BCUT2D eigenvalue weighted by atomic mass is 9.97. The van der Waals surface area contributed by atoms with Crippen molar-refractivity contribution in [3.8, 4) is 5.75 Å². The van der Waals surface area contributed by atoms with E-state index in [1.165, 1.54) is 22.1 Å². The van der Waals surface area contributed by atoms with Crippen LogP contribution in [0, 0.1) is 0 Å². The van der Waals surface area contributed by atoms with Crippen molar-refractivity contribution in [1.82, 2.24) is 0 Å². The number of para-hydroxylation sites is 2. The molecule has 0 spiro atoms. The summed E-state index contributed by atoms with van der Waals surface area (Å²) in [6.45, 7) is 2.24. The van der Waals surface area contributed by atoms with E-state index in [9.17, 15) is 0 Å². The smallest absolute Gasteiger partial charge is 0.136 e. The fraction of sp³-hybridized carbons (Fsp3) is 0.125. The van der Waals surface area contributed by atoms with Crippen LogP contribution < -0.4 is 25.8 Å². The molecule has 4 heteroatoms. The molecule has 1 aliphatic carbocycles. The SMILES string of the molecule is CC(/C=c1/cccc/c1=C/N)c1ccc(N(C2=CCCCC3Oc4ccccc4/C3=C\C=C2)c2ccc3cc4oc5ccccc5c4cc3c2)cc1. The van der Waals surface area contributed by atoms with Gasteiger partial charge in [0, 0.05) is 45.2 Å². The molecule has 52 heavy (non-hydrogen) atoms. The highest BCUT2D eigenvalue weighted by Crippen LogP contribution is 2.41. The summed E-state index contributed by atoms with van der Waals surface area (Å²) in [5, 5.41) is 6.77. The van der Waals surface area contributed by atoms with E-state index in [4.69, 9.17) is 14.9 Å². The van der Waals surface area contributed by atoms with Crippen molar-refractivity contribution in [1.29, 1.82) is 0 Å². The van der Waals surface area contributed by atoms with Gasteiger partial charge in [-0.1, -0.05) is 110 Å². The third kappa shape index (κ3) is 5.86. The Morgan fingerprint density at radius 1 is 0.750 bits per heavy atom. The van der Waals surface area contributed by atoms with Gasteiger partial charge in [-0.3, -0.25) is 0 Å². The number of anilines is 2. The lowest BCUT2D eigenvalue weighted by Gasteiger charge is -2.28. The summed E-state index contributed by atoms with van der Waals surface area (Å²) in [4.78, 5) is 2.39. The summed E-state index contributed by atoms with van der Waals surface area (Å²) < 4.78 is 12.6. The van der Waals surface area contributed by atoms with Gasteiger partial charge in [-0.15, -0.1) is 0 Å². The summed E-state index contributed by atoms with van der Waals surface area (Å²) in [7, 11) is 0. The van der Waals surface area contributed by atoms with E-state index in [0.717, 1.165) is 79.8 Å². The maximum absolute atomic E-state index is 6.38. The van der Waals surface area contributed by atoms with E-state index in [1.54, 1.807) is 6.20 Å². The Labute approximate surface area is 303 Å². The maximum Gasteiger partial charge on any atom is 0.136 e. The molecule has 1 aliphatic heterocycles. The molecule has 1 aromatic heterocycles. The molecule has 2 atom stereocenters. The molecule has 7 aromatic rings. The third-order valence-corrected chi connectivity index (χ3v) is 10.5. The van der Waals surface area contributed by atoms with Crippen LogP contribution in [0.4, 0.5) is 11.4 Å². The first-order valence-corrected chi connectivity index (χ1v) is 18.2. The van der Waals surface area contributed by atoms with Gasteiger partial charge in [0.15, 0.2) is 0 Å². The number of benzene rings is 6. The molecular formula is C48H40N2O2. The van der Waals surface area contributed by atoms with Crippen molar-refractivity contribution in [3.05, 3.63) is 179 Å². The van der Waals surface area contributed by atoms with Crippen molar-refractivity contribution in [2.75, 3.05) is 4.90 Å². The number of ether oxygens (including phenoxy) is 1. The minimum absolute atomic E-state index is 0.0884. The second kappa shape index (κ2) is 13.5. The fourth-order valence-corrected chi connectivity index (χ4v) is 7.80. The van der Waals surface area contributed by atoms with Gasteiger partial charge in [-0.25, -0.2) is 0 Å². The van der Waals surface area contributed by atoms with Gasteiger partial charge >= 0.3 is 0 Å². The summed E-state index contributed by atoms with van der Waals surface area (Å²) in [6.07, 6.45) is 16.0. The molecule has 0 saturated carbocycles. The van der Waals surface area contributed by atoms with Crippen LogP contribution in [0.3, 0.4) is 0 Å². The highest BCUT2D eigenvalue weighted by Gasteiger charge is 2.27. The van der Waals surface area contributed by atoms with Crippen LogP contribution in [0.2, 0.25) is 0 Å². The van der Waals surface area contributed by atoms with E-state index < -0.39 is 0 Å². The lowest BCUT2D eigenvalue weighted by molar-refractivity contribution is 0.261. The lowest BCUT2D eigenvalue weighted by Crippen LogP contribution is -2.25. The molecule has 0 radical (unpaired) electrons. The molecule has 2 aliphatic rings. The van der Waals surface area contributed by atoms with Gasteiger partial charge in [-0.05, 0) is 107 Å². The zero-order chi connectivity index (χ0) is 35.0. The van der Waals surface area contributed by atoms with Gasteiger partial charge in [0.1, 0.15) is 23.0 Å². The van der Waals surface area contributed by atoms with Crippen LogP contribution in [-0.2, 0) is 0 Å². The largest absolute Gasteiger partial charge is 0.485 e. The molecule has 0 fully saturated rings. The number of nitrogens with two attached hydrogens (primary N) is 1. The van der Waals surface area contributed by atoms with E-state index in [1.807, 2.05) is 18.2 Å². The summed E-state index contributed by atoms with van der Waals surface area (Å²) in [5.41, 5.74) is 14.8. The second-order valence-corrected chi connectivity index (χ2v) is 13.8. The Morgan fingerprint density at radius 2 is 1.54 bits per heavy atom. The van der Waals surface area contributed by atoms with Gasteiger partial charge < -0.3 is 19.8 Å². The van der Waals surface area contributed by atoms with Gasteiger partial charge in [-0.2, -0.15) is 0 Å². The van der Waals surface area contributed by atoms with Crippen molar-refractivity contribution in [2.24, 2.45) is 5.73 Å². The Bertz CT molecular complexity index is 2680. The van der Waals surface area contributed by atoms with E-state index in [0.29, 0.717) is 0 Å². The Kier molecular flexibility index (Phi) is 8.21. The fourth-order valence-electron chi connectivity index (χ4n) is 7.80. The number of hydrogen-bond donors (Lipinski definition) is 1. The van der Waals surface area contributed by atoms with Crippen molar-refractivity contribution in [2.45, 2.75) is 38.2 Å². The molecule has 0 saturated heterocycles. The molecule has 254 valence electrons. The number of fused-ring (bicyclic) bond motifs is 7. The number of nitrogens with zero attached hydrogens (tertiary/aromatic N) is 1.